The van der Waals surface area contributed by atoms with Gasteiger partial charge in [-0.15, -0.1) is 0 Å². The molecule has 0 amide bonds. The molecular weight excluding hydrogens is 144 g/mol. The zero-order valence-electron chi connectivity index (χ0n) is 9.20. The molecule has 0 saturated carbocycles. The van der Waals surface area contributed by atoms with Gasteiger partial charge in [0, 0.05) is 0 Å². The molecular formula is C12H22. The lowest BCUT2D eigenvalue weighted by molar-refractivity contribution is 0.691. The Morgan fingerprint density at radius 2 is 1.75 bits per heavy atom. The molecule has 0 spiro atoms. The quantitative estimate of drug-likeness (QED) is 0.545. The highest BCUT2D eigenvalue weighted by Crippen LogP contribution is 2.23. The molecule has 70 valence electrons. The Kier molecular flexibility index (Phi) is 4.96. The van der Waals surface area contributed by atoms with Gasteiger partial charge in [0.1, 0.15) is 0 Å². The summed E-state index contributed by atoms with van der Waals surface area (Å²) in [5.41, 5.74) is 4.20. The summed E-state index contributed by atoms with van der Waals surface area (Å²) >= 11 is 0. The van der Waals surface area contributed by atoms with Gasteiger partial charge in [-0.25, -0.2) is 0 Å². The van der Waals surface area contributed by atoms with Crippen LogP contribution >= 0.6 is 0 Å². The van der Waals surface area contributed by atoms with Crippen LogP contribution in [0.4, 0.5) is 0 Å². The van der Waals surface area contributed by atoms with Gasteiger partial charge in [0.15, 0.2) is 0 Å². The topological polar surface area (TPSA) is 0 Å². The third-order valence-corrected chi connectivity index (χ3v) is 2.34. The van der Waals surface area contributed by atoms with Gasteiger partial charge < -0.3 is 0 Å². The Balaban J connectivity index is 4.67. The SMILES string of the molecule is C=C(C)/C(C)=C(\CCC)C(C)C. The molecule has 0 rings (SSSR count). The molecule has 0 atom stereocenters. The van der Waals surface area contributed by atoms with E-state index in [4.69, 9.17) is 0 Å². The van der Waals surface area contributed by atoms with Gasteiger partial charge in [-0.3, -0.25) is 0 Å². The Morgan fingerprint density at radius 3 is 2.00 bits per heavy atom. The molecule has 0 aliphatic carbocycles. The first-order chi connectivity index (χ1) is 5.50. The summed E-state index contributed by atoms with van der Waals surface area (Å²) < 4.78 is 0. The van der Waals surface area contributed by atoms with E-state index in [1.54, 1.807) is 5.57 Å². The zero-order valence-corrected chi connectivity index (χ0v) is 9.20. The van der Waals surface area contributed by atoms with Crippen LogP contribution in [0, 0.1) is 5.92 Å². The molecule has 0 fully saturated rings. The summed E-state index contributed by atoms with van der Waals surface area (Å²) in [5.74, 6) is 0.668. The van der Waals surface area contributed by atoms with Crippen LogP contribution < -0.4 is 0 Å². The Labute approximate surface area is 77.4 Å². The van der Waals surface area contributed by atoms with Gasteiger partial charge >= 0.3 is 0 Å². The lowest BCUT2D eigenvalue weighted by atomic mass is 9.91. The lowest BCUT2D eigenvalue weighted by Gasteiger charge is -2.15. The van der Waals surface area contributed by atoms with Gasteiger partial charge in [-0.05, 0) is 31.8 Å². The summed E-state index contributed by atoms with van der Waals surface area (Å²) in [7, 11) is 0. The predicted molar refractivity (Wildman–Crippen MR) is 57.3 cm³/mol. The maximum atomic E-state index is 3.98. The van der Waals surface area contributed by atoms with E-state index < -0.39 is 0 Å². The monoisotopic (exact) mass is 166 g/mol. The van der Waals surface area contributed by atoms with Crippen LogP contribution in [0.25, 0.3) is 0 Å². The van der Waals surface area contributed by atoms with Gasteiger partial charge in [0.2, 0.25) is 0 Å². The van der Waals surface area contributed by atoms with Crippen molar-refractivity contribution in [2.45, 2.75) is 47.5 Å². The van der Waals surface area contributed by atoms with Crippen LogP contribution in [0.15, 0.2) is 23.3 Å². The molecule has 0 unspecified atom stereocenters. The van der Waals surface area contributed by atoms with Crippen molar-refractivity contribution in [2.24, 2.45) is 5.92 Å². The highest BCUT2D eigenvalue weighted by molar-refractivity contribution is 5.30. The molecule has 0 saturated heterocycles. The fraction of sp³-hybridized carbons (Fsp3) is 0.667. The number of allylic oxidation sites excluding steroid dienone is 3. The summed E-state index contributed by atoms with van der Waals surface area (Å²) in [5, 5.41) is 0. The number of rotatable bonds is 4. The summed E-state index contributed by atoms with van der Waals surface area (Å²) in [4.78, 5) is 0. The van der Waals surface area contributed by atoms with Gasteiger partial charge in [0.05, 0.1) is 0 Å². The van der Waals surface area contributed by atoms with E-state index in [1.165, 1.54) is 24.0 Å². The second-order valence-electron chi connectivity index (χ2n) is 3.84. The van der Waals surface area contributed by atoms with E-state index in [2.05, 4.69) is 41.2 Å². The van der Waals surface area contributed by atoms with Gasteiger partial charge in [0.25, 0.3) is 0 Å². The van der Waals surface area contributed by atoms with Crippen molar-refractivity contribution in [1.82, 2.24) is 0 Å². The van der Waals surface area contributed by atoms with E-state index in [0.717, 1.165) is 0 Å². The lowest BCUT2D eigenvalue weighted by Crippen LogP contribution is -1.98. The molecule has 0 aromatic rings. The van der Waals surface area contributed by atoms with Crippen molar-refractivity contribution < 1.29 is 0 Å². The first kappa shape index (κ1) is 11.5. The molecule has 0 aliphatic rings. The Hall–Kier alpha value is -0.520. The summed E-state index contributed by atoms with van der Waals surface area (Å²) in [6, 6.07) is 0. The minimum Gasteiger partial charge on any atom is -0.0959 e. The van der Waals surface area contributed by atoms with Crippen LogP contribution in [0.2, 0.25) is 0 Å². The molecule has 0 heteroatoms. The van der Waals surface area contributed by atoms with Crippen molar-refractivity contribution in [3.8, 4) is 0 Å². The molecule has 0 N–H and O–H groups in total. The van der Waals surface area contributed by atoms with E-state index in [0.29, 0.717) is 5.92 Å². The molecule has 0 radical (unpaired) electrons. The van der Waals surface area contributed by atoms with E-state index >= 15 is 0 Å². The Bertz CT molecular complexity index is 182. The maximum Gasteiger partial charge on any atom is -0.0254 e. The van der Waals surface area contributed by atoms with Crippen LogP contribution in [-0.2, 0) is 0 Å². The highest BCUT2D eigenvalue weighted by atomic mass is 14.1. The third-order valence-electron chi connectivity index (χ3n) is 2.34. The normalized spacial score (nSPS) is 13.2. The molecule has 0 heterocycles. The van der Waals surface area contributed by atoms with Gasteiger partial charge in [-0.2, -0.15) is 0 Å². The standard InChI is InChI=1S/C12H22/c1-7-8-12(10(4)5)11(6)9(2)3/h10H,2,7-8H2,1,3-6H3/b12-11+. The van der Waals surface area contributed by atoms with Crippen molar-refractivity contribution in [2.75, 3.05) is 0 Å². The minimum atomic E-state index is 0.668. The van der Waals surface area contributed by atoms with Crippen molar-refractivity contribution in [1.29, 1.82) is 0 Å². The fourth-order valence-corrected chi connectivity index (χ4v) is 1.45. The highest BCUT2D eigenvalue weighted by Gasteiger charge is 2.06. The zero-order chi connectivity index (χ0) is 9.72. The van der Waals surface area contributed by atoms with E-state index in [9.17, 15) is 0 Å². The average Bonchev–Trinajstić information content (AvgIpc) is 1.98. The Morgan fingerprint density at radius 1 is 1.25 bits per heavy atom. The average molecular weight is 166 g/mol. The first-order valence-corrected chi connectivity index (χ1v) is 4.86. The van der Waals surface area contributed by atoms with Crippen molar-refractivity contribution in [3.05, 3.63) is 23.3 Å². The smallest absolute Gasteiger partial charge is 0.0254 e. The second-order valence-corrected chi connectivity index (χ2v) is 3.84. The summed E-state index contributed by atoms with van der Waals surface area (Å²) in [6.45, 7) is 15.0. The largest absolute Gasteiger partial charge is 0.0959 e. The first-order valence-electron chi connectivity index (χ1n) is 4.86. The summed E-state index contributed by atoms with van der Waals surface area (Å²) in [6.07, 6.45) is 2.45. The second kappa shape index (κ2) is 5.18. The van der Waals surface area contributed by atoms with E-state index in [1.807, 2.05) is 0 Å². The third kappa shape index (κ3) is 3.25. The van der Waals surface area contributed by atoms with Crippen LogP contribution in [0.1, 0.15) is 47.5 Å². The van der Waals surface area contributed by atoms with Crippen LogP contribution in [-0.4, -0.2) is 0 Å². The van der Waals surface area contributed by atoms with Crippen molar-refractivity contribution >= 4 is 0 Å². The number of hydrogen-bond donors (Lipinski definition) is 0. The van der Waals surface area contributed by atoms with Crippen molar-refractivity contribution in [3.63, 3.8) is 0 Å². The molecule has 0 nitrogen and oxygen atoms in total. The molecule has 12 heavy (non-hydrogen) atoms. The number of hydrogen-bond acceptors (Lipinski definition) is 0. The predicted octanol–water partition coefficient (Wildman–Crippen LogP) is 4.34. The van der Waals surface area contributed by atoms with Crippen LogP contribution in [0.5, 0.6) is 0 Å². The molecule has 0 bridgehead atoms. The van der Waals surface area contributed by atoms with Crippen LogP contribution in [0.3, 0.4) is 0 Å². The maximum absolute atomic E-state index is 3.98. The molecule has 0 aromatic carbocycles. The fourth-order valence-electron chi connectivity index (χ4n) is 1.45. The minimum absolute atomic E-state index is 0.668. The van der Waals surface area contributed by atoms with E-state index in [-0.39, 0.29) is 0 Å². The van der Waals surface area contributed by atoms with Gasteiger partial charge in [-0.1, -0.05) is 44.9 Å². The molecule has 0 aliphatic heterocycles. The molecule has 0 aromatic heterocycles.